The first-order valence-corrected chi connectivity index (χ1v) is 7.80. The summed E-state index contributed by atoms with van der Waals surface area (Å²) in [5.41, 5.74) is 6.02. The average molecular weight is 333 g/mol. The summed E-state index contributed by atoms with van der Waals surface area (Å²) < 4.78 is 5.24. The average Bonchev–Trinajstić information content (AvgIpc) is 2.80. The minimum Gasteiger partial charge on any atom is -0.444 e. The van der Waals surface area contributed by atoms with Gasteiger partial charge in [0.25, 0.3) is 0 Å². The Balaban J connectivity index is 2.08. The number of para-hydroxylation sites is 1. The Hall–Kier alpha value is -2.57. The Kier molecular flexibility index (Phi) is 5.11. The van der Waals surface area contributed by atoms with Gasteiger partial charge in [-0.1, -0.05) is 18.2 Å². The Morgan fingerprint density at radius 3 is 2.58 bits per heavy atom. The Bertz CT molecular complexity index is 651. The van der Waals surface area contributed by atoms with Crippen LogP contribution in [0.25, 0.3) is 0 Å². The van der Waals surface area contributed by atoms with E-state index in [0.717, 1.165) is 5.56 Å². The van der Waals surface area contributed by atoms with E-state index in [0.29, 0.717) is 18.8 Å². The topological polar surface area (TPSA) is 102 Å². The van der Waals surface area contributed by atoms with Crippen LogP contribution in [0.15, 0.2) is 24.3 Å². The van der Waals surface area contributed by atoms with E-state index in [1.807, 2.05) is 12.1 Å². The zero-order valence-electron chi connectivity index (χ0n) is 14.2. The van der Waals surface area contributed by atoms with Crippen molar-refractivity contribution in [3.05, 3.63) is 29.8 Å². The SMILES string of the molecule is CC(C)(C)OC(=O)Nc1ccccc1CN1CC(C(N)=O)CC1=O. The van der Waals surface area contributed by atoms with Gasteiger partial charge in [-0.3, -0.25) is 14.9 Å². The van der Waals surface area contributed by atoms with E-state index in [1.165, 1.54) is 0 Å². The summed E-state index contributed by atoms with van der Waals surface area (Å²) in [6, 6.07) is 7.17. The molecule has 0 bridgehead atoms. The van der Waals surface area contributed by atoms with Crippen LogP contribution in [-0.2, 0) is 20.9 Å². The van der Waals surface area contributed by atoms with Gasteiger partial charge in [0.15, 0.2) is 0 Å². The summed E-state index contributed by atoms with van der Waals surface area (Å²) in [5.74, 6) is -1.04. The number of nitrogens with two attached hydrogens (primary N) is 1. The molecule has 1 aromatic carbocycles. The lowest BCUT2D eigenvalue weighted by atomic mass is 10.1. The van der Waals surface area contributed by atoms with Crippen molar-refractivity contribution < 1.29 is 19.1 Å². The number of ether oxygens (including phenoxy) is 1. The van der Waals surface area contributed by atoms with Crippen molar-refractivity contribution in [1.29, 1.82) is 0 Å². The van der Waals surface area contributed by atoms with Crippen LogP contribution in [0.4, 0.5) is 10.5 Å². The molecule has 24 heavy (non-hydrogen) atoms. The molecule has 7 heteroatoms. The lowest BCUT2D eigenvalue weighted by Crippen LogP contribution is -2.29. The molecule has 0 spiro atoms. The molecule has 2 rings (SSSR count). The number of hydrogen-bond donors (Lipinski definition) is 2. The number of amides is 3. The van der Waals surface area contributed by atoms with Crippen molar-refractivity contribution >= 4 is 23.6 Å². The molecule has 1 heterocycles. The molecular formula is C17H23N3O4. The Labute approximate surface area is 141 Å². The predicted molar refractivity (Wildman–Crippen MR) is 89.0 cm³/mol. The van der Waals surface area contributed by atoms with Crippen LogP contribution in [-0.4, -0.2) is 35.0 Å². The number of primary amides is 1. The standard InChI is InChI=1S/C17H23N3O4/c1-17(2,3)24-16(23)19-13-7-5-4-6-11(13)9-20-10-12(15(18)22)8-14(20)21/h4-7,12H,8-10H2,1-3H3,(H2,18,22)(H,19,23). The van der Waals surface area contributed by atoms with Crippen molar-refractivity contribution in [1.82, 2.24) is 4.90 Å². The highest BCUT2D eigenvalue weighted by atomic mass is 16.6. The molecule has 3 N–H and O–H groups in total. The first-order chi connectivity index (χ1) is 11.2. The molecule has 1 unspecified atom stereocenters. The van der Waals surface area contributed by atoms with Gasteiger partial charge < -0.3 is 15.4 Å². The van der Waals surface area contributed by atoms with E-state index in [1.54, 1.807) is 37.8 Å². The molecular weight excluding hydrogens is 310 g/mol. The quantitative estimate of drug-likeness (QED) is 0.878. The van der Waals surface area contributed by atoms with E-state index >= 15 is 0 Å². The maximum atomic E-state index is 12.0. The number of nitrogens with one attached hydrogen (secondary N) is 1. The third kappa shape index (κ3) is 4.71. The zero-order chi connectivity index (χ0) is 17.9. The molecule has 1 aliphatic heterocycles. The molecule has 1 aromatic rings. The minimum absolute atomic E-state index is 0.120. The lowest BCUT2D eigenvalue weighted by molar-refractivity contribution is -0.128. The second-order valence-corrected chi connectivity index (χ2v) is 6.86. The van der Waals surface area contributed by atoms with Crippen molar-refractivity contribution in [2.75, 3.05) is 11.9 Å². The summed E-state index contributed by atoms with van der Waals surface area (Å²) >= 11 is 0. The summed E-state index contributed by atoms with van der Waals surface area (Å²) in [4.78, 5) is 36.8. The minimum atomic E-state index is -0.599. The van der Waals surface area contributed by atoms with Crippen molar-refractivity contribution in [2.45, 2.75) is 39.3 Å². The first kappa shape index (κ1) is 17.8. The number of likely N-dealkylation sites (tertiary alicyclic amines) is 1. The lowest BCUT2D eigenvalue weighted by Gasteiger charge is -2.22. The highest BCUT2D eigenvalue weighted by Gasteiger charge is 2.33. The second kappa shape index (κ2) is 6.90. The van der Waals surface area contributed by atoms with Gasteiger partial charge in [0.05, 0.1) is 5.92 Å². The molecule has 1 fully saturated rings. The molecule has 0 aliphatic carbocycles. The molecule has 0 saturated carbocycles. The Morgan fingerprint density at radius 1 is 1.33 bits per heavy atom. The van der Waals surface area contributed by atoms with Crippen LogP contribution in [0, 0.1) is 5.92 Å². The van der Waals surface area contributed by atoms with Gasteiger partial charge in [0.1, 0.15) is 5.60 Å². The number of carbonyl (C=O) groups is 3. The van der Waals surface area contributed by atoms with Crippen LogP contribution >= 0.6 is 0 Å². The zero-order valence-corrected chi connectivity index (χ0v) is 14.2. The van der Waals surface area contributed by atoms with Gasteiger partial charge in [0, 0.05) is 25.2 Å². The normalized spacial score (nSPS) is 17.7. The molecule has 0 radical (unpaired) electrons. The first-order valence-electron chi connectivity index (χ1n) is 7.80. The number of benzene rings is 1. The fourth-order valence-electron chi connectivity index (χ4n) is 2.51. The number of rotatable bonds is 4. The van der Waals surface area contributed by atoms with Crippen molar-refractivity contribution in [2.24, 2.45) is 11.7 Å². The summed E-state index contributed by atoms with van der Waals surface area (Å²) in [6.45, 7) is 5.95. The molecule has 1 aliphatic rings. The second-order valence-electron chi connectivity index (χ2n) is 6.86. The van der Waals surface area contributed by atoms with Crippen LogP contribution in [0.2, 0.25) is 0 Å². The van der Waals surface area contributed by atoms with Crippen LogP contribution in [0.3, 0.4) is 0 Å². The predicted octanol–water partition coefficient (Wildman–Crippen LogP) is 1.87. The van der Waals surface area contributed by atoms with Gasteiger partial charge in [0.2, 0.25) is 11.8 Å². The number of anilines is 1. The largest absolute Gasteiger partial charge is 0.444 e. The fraction of sp³-hybridized carbons (Fsp3) is 0.471. The fourth-order valence-corrected chi connectivity index (χ4v) is 2.51. The molecule has 3 amide bonds. The highest BCUT2D eigenvalue weighted by molar-refractivity contribution is 5.89. The molecule has 1 atom stereocenters. The molecule has 1 saturated heterocycles. The van der Waals surface area contributed by atoms with E-state index in [-0.39, 0.29) is 12.3 Å². The summed E-state index contributed by atoms with van der Waals surface area (Å²) in [6.07, 6.45) is -0.422. The van der Waals surface area contributed by atoms with Crippen LogP contribution < -0.4 is 11.1 Å². The van der Waals surface area contributed by atoms with Crippen molar-refractivity contribution in [3.8, 4) is 0 Å². The highest BCUT2D eigenvalue weighted by Crippen LogP contribution is 2.24. The maximum Gasteiger partial charge on any atom is 0.412 e. The summed E-state index contributed by atoms with van der Waals surface area (Å²) in [5, 5.41) is 2.70. The van der Waals surface area contributed by atoms with E-state index in [9.17, 15) is 14.4 Å². The number of hydrogen-bond acceptors (Lipinski definition) is 4. The van der Waals surface area contributed by atoms with Gasteiger partial charge in [-0.15, -0.1) is 0 Å². The third-order valence-electron chi connectivity index (χ3n) is 3.63. The Morgan fingerprint density at radius 2 is 2.00 bits per heavy atom. The van der Waals surface area contributed by atoms with Gasteiger partial charge >= 0.3 is 6.09 Å². The number of nitrogens with zero attached hydrogens (tertiary/aromatic N) is 1. The van der Waals surface area contributed by atoms with Crippen molar-refractivity contribution in [3.63, 3.8) is 0 Å². The molecule has 0 aromatic heterocycles. The summed E-state index contributed by atoms with van der Waals surface area (Å²) in [7, 11) is 0. The third-order valence-corrected chi connectivity index (χ3v) is 3.63. The monoisotopic (exact) mass is 333 g/mol. The van der Waals surface area contributed by atoms with E-state index < -0.39 is 23.5 Å². The number of carbonyl (C=O) groups excluding carboxylic acids is 3. The van der Waals surface area contributed by atoms with Gasteiger partial charge in [-0.25, -0.2) is 4.79 Å². The van der Waals surface area contributed by atoms with E-state index in [4.69, 9.17) is 10.5 Å². The maximum absolute atomic E-state index is 12.0. The molecule has 7 nitrogen and oxygen atoms in total. The van der Waals surface area contributed by atoms with Crippen LogP contribution in [0.1, 0.15) is 32.8 Å². The van der Waals surface area contributed by atoms with Crippen LogP contribution in [0.5, 0.6) is 0 Å². The molecule has 130 valence electrons. The van der Waals surface area contributed by atoms with E-state index in [2.05, 4.69) is 5.32 Å². The van der Waals surface area contributed by atoms with Gasteiger partial charge in [-0.2, -0.15) is 0 Å². The smallest absolute Gasteiger partial charge is 0.412 e. The van der Waals surface area contributed by atoms with Gasteiger partial charge in [-0.05, 0) is 32.4 Å².